The summed E-state index contributed by atoms with van der Waals surface area (Å²) < 4.78 is 0.315. The highest BCUT2D eigenvalue weighted by atomic mass is 32.2. The van der Waals surface area contributed by atoms with Gasteiger partial charge in [-0.25, -0.2) is 0 Å². The molecular weight excluding hydrogens is 274 g/mol. The summed E-state index contributed by atoms with van der Waals surface area (Å²) in [5, 5.41) is 3.48. The maximum absolute atomic E-state index is 4.43. The topological polar surface area (TPSA) is 27.6 Å². The van der Waals surface area contributed by atoms with Crippen LogP contribution in [0, 0.1) is 6.92 Å². The van der Waals surface area contributed by atoms with Crippen LogP contribution in [0.3, 0.4) is 0 Å². The first-order valence-corrected chi connectivity index (χ1v) is 8.45. The molecule has 0 saturated carbocycles. The van der Waals surface area contributed by atoms with Crippen molar-refractivity contribution in [2.45, 2.75) is 32.1 Å². The molecule has 0 amide bonds. The van der Waals surface area contributed by atoms with Gasteiger partial charge in [0.1, 0.15) is 0 Å². The summed E-state index contributed by atoms with van der Waals surface area (Å²) >= 11 is 3.89. The fraction of sp³-hybridized carbons (Fsp3) is 0.643. The highest BCUT2D eigenvalue weighted by Crippen LogP contribution is 2.29. The van der Waals surface area contributed by atoms with E-state index in [4.69, 9.17) is 0 Å². The second-order valence-corrected chi connectivity index (χ2v) is 8.62. The molecule has 0 atom stereocenters. The SMILES string of the molecule is CN=C(NCc1ccc(C)s1)N1CCSC(C)(C)C1. The van der Waals surface area contributed by atoms with Crippen LogP contribution in [-0.2, 0) is 6.54 Å². The molecule has 1 N–H and O–H groups in total. The Balaban J connectivity index is 1.93. The lowest BCUT2D eigenvalue weighted by molar-refractivity contribution is 0.376. The summed E-state index contributed by atoms with van der Waals surface area (Å²) in [7, 11) is 1.87. The summed E-state index contributed by atoms with van der Waals surface area (Å²) in [5.41, 5.74) is 0. The number of hydrogen-bond acceptors (Lipinski definition) is 3. The van der Waals surface area contributed by atoms with Crippen molar-refractivity contribution in [2.75, 3.05) is 25.9 Å². The smallest absolute Gasteiger partial charge is 0.194 e. The van der Waals surface area contributed by atoms with Crippen LogP contribution in [0.2, 0.25) is 0 Å². The number of aliphatic imine (C=N–C) groups is 1. The molecule has 0 aliphatic carbocycles. The van der Waals surface area contributed by atoms with Crippen molar-refractivity contribution in [1.29, 1.82) is 0 Å². The minimum atomic E-state index is 0.315. The predicted octanol–water partition coefficient (Wildman–Crippen LogP) is 2.96. The van der Waals surface area contributed by atoms with E-state index in [-0.39, 0.29) is 0 Å². The third kappa shape index (κ3) is 4.14. The highest BCUT2D eigenvalue weighted by Gasteiger charge is 2.28. The molecule has 1 aromatic heterocycles. The van der Waals surface area contributed by atoms with Crippen LogP contribution >= 0.6 is 23.1 Å². The Bertz CT molecular complexity index is 451. The summed E-state index contributed by atoms with van der Waals surface area (Å²) in [6, 6.07) is 4.36. The molecule has 2 rings (SSSR count). The van der Waals surface area contributed by atoms with Crippen LogP contribution in [0.4, 0.5) is 0 Å². The number of nitrogens with one attached hydrogen (secondary N) is 1. The Morgan fingerprint density at radius 3 is 2.84 bits per heavy atom. The molecule has 0 bridgehead atoms. The van der Waals surface area contributed by atoms with Gasteiger partial charge in [-0.05, 0) is 32.9 Å². The average molecular weight is 297 g/mol. The van der Waals surface area contributed by atoms with Crippen molar-refractivity contribution in [3.05, 3.63) is 21.9 Å². The monoisotopic (exact) mass is 297 g/mol. The molecule has 1 aliphatic heterocycles. The number of thioether (sulfide) groups is 1. The van der Waals surface area contributed by atoms with E-state index < -0.39 is 0 Å². The van der Waals surface area contributed by atoms with Crippen molar-refractivity contribution >= 4 is 29.1 Å². The van der Waals surface area contributed by atoms with Crippen molar-refractivity contribution in [2.24, 2.45) is 4.99 Å². The molecule has 1 saturated heterocycles. The standard InChI is InChI=1S/C14H23N3S2/c1-11-5-6-12(19-11)9-16-13(15-4)17-7-8-18-14(2,3)10-17/h5-6H,7-10H2,1-4H3,(H,15,16). The van der Waals surface area contributed by atoms with Crippen LogP contribution in [0.5, 0.6) is 0 Å². The number of thiophene rings is 1. The third-order valence-electron chi connectivity index (χ3n) is 3.15. The van der Waals surface area contributed by atoms with Crippen molar-refractivity contribution in [3.8, 4) is 0 Å². The molecule has 3 nitrogen and oxygen atoms in total. The fourth-order valence-electron chi connectivity index (χ4n) is 2.28. The quantitative estimate of drug-likeness (QED) is 0.672. The zero-order valence-corrected chi connectivity index (χ0v) is 13.8. The lowest BCUT2D eigenvalue weighted by atomic mass is 10.2. The fourth-order valence-corrected chi connectivity index (χ4v) is 4.22. The van der Waals surface area contributed by atoms with Gasteiger partial charge in [-0.2, -0.15) is 11.8 Å². The minimum Gasteiger partial charge on any atom is -0.351 e. The molecule has 1 aromatic rings. The molecule has 0 spiro atoms. The zero-order chi connectivity index (χ0) is 13.9. The lowest BCUT2D eigenvalue weighted by Gasteiger charge is -2.39. The summed E-state index contributed by atoms with van der Waals surface area (Å²) in [5.74, 6) is 2.20. The van der Waals surface area contributed by atoms with E-state index >= 15 is 0 Å². The van der Waals surface area contributed by atoms with Crippen LogP contribution < -0.4 is 5.32 Å². The Morgan fingerprint density at radius 1 is 1.47 bits per heavy atom. The third-order valence-corrected chi connectivity index (χ3v) is 5.45. The Hall–Kier alpha value is -0.680. The van der Waals surface area contributed by atoms with Crippen molar-refractivity contribution in [1.82, 2.24) is 10.2 Å². The molecular formula is C14H23N3S2. The normalized spacial score (nSPS) is 19.6. The molecule has 1 aliphatic rings. The van der Waals surface area contributed by atoms with E-state index in [9.17, 15) is 0 Å². The molecule has 1 fully saturated rings. The van der Waals surface area contributed by atoms with E-state index in [0.717, 1.165) is 25.6 Å². The summed E-state index contributed by atoms with van der Waals surface area (Å²) in [6.07, 6.45) is 0. The maximum Gasteiger partial charge on any atom is 0.194 e. The average Bonchev–Trinajstić information content (AvgIpc) is 2.75. The number of guanidine groups is 1. The second kappa shape index (κ2) is 6.18. The molecule has 5 heteroatoms. The first-order valence-electron chi connectivity index (χ1n) is 6.65. The van der Waals surface area contributed by atoms with E-state index in [2.05, 4.69) is 48.1 Å². The number of rotatable bonds is 2. The van der Waals surface area contributed by atoms with Gasteiger partial charge in [0.15, 0.2) is 5.96 Å². The van der Waals surface area contributed by atoms with Gasteiger partial charge in [-0.15, -0.1) is 11.3 Å². The van der Waals surface area contributed by atoms with Gasteiger partial charge in [0.2, 0.25) is 0 Å². The predicted molar refractivity (Wildman–Crippen MR) is 87.4 cm³/mol. The minimum absolute atomic E-state index is 0.315. The largest absolute Gasteiger partial charge is 0.351 e. The Morgan fingerprint density at radius 2 is 2.26 bits per heavy atom. The summed E-state index contributed by atoms with van der Waals surface area (Å²) in [4.78, 5) is 9.53. The molecule has 19 heavy (non-hydrogen) atoms. The van der Waals surface area contributed by atoms with Crippen LogP contribution in [0.25, 0.3) is 0 Å². The molecule has 0 aromatic carbocycles. The van der Waals surface area contributed by atoms with Gasteiger partial charge < -0.3 is 10.2 Å². The van der Waals surface area contributed by atoms with Crippen molar-refractivity contribution < 1.29 is 0 Å². The molecule has 0 radical (unpaired) electrons. The number of aryl methyl sites for hydroxylation is 1. The van der Waals surface area contributed by atoms with E-state index in [1.165, 1.54) is 15.5 Å². The Labute approximate surface area is 124 Å². The summed E-state index contributed by atoms with van der Waals surface area (Å²) in [6.45, 7) is 9.76. The van der Waals surface area contributed by atoms with Gasteiger partial charge in [0.25, 0.3) is 0 Å². The van der Waals surface area contributed by atoms with Crippen LogP contribution in [-0.4, -0.2) is 41.5 Å². The molecule has 106 valence electrons. The number of hydrogen-bond donors (Lipinski definition) is 1. The van der Waals surface area contributed by atoms with Gasteiger partial charge in [0, 0.05) is 40.4 Å². The molecule has 2 heterocycles. The first kappa shape index (κ1) is 14.7. The van der Waals surface area contributed by atoms with Gasteiger partial charge in [0.05, 0.1) is 6.54 Å². The zero-order valence-electron chi connectivity index (χ0n) is 12.2. The van der Waals surface area contributed by atoms with E-state index in [1.54, 1.807) is 0 Å². The maximum atomic E-state index is 4.43. The lowest BCUT2D eigenvalue weighted by Crippen LogP contribution is -2.50. The van der Waals surface area contributed by atoms with Gasteiger partial charge in [-0.3, -0.25) is 4.99 Å². The Kier molecular flexibility index (Phi) is 4.79. The van der Waals surface area contributed by atoms with Crippen molar-refractivity contribution in [3.63, 3.8) is 0 Å². The highest BCUT2D eigenvalue weighted by molar-refractivity contribution is 8.00. The van der Waals surface area contributed by atoms with E-state index in [0.29, 0.717) is 4.75 Å². The van der Waals surface area contributed by atoms with Gasteiger partial charge in [-0.1, -0.05) is 0 Å². The van der Waals surface area contributed by atoms with Crippen LogP contribution in [0.1, 0.15) is 23.6 Å². The first-order chi connectivity index (χ1) is 9.00. The van der Waals surface area contributed by atoms with Gasteiger partial charge >= 0.3 is 0 Å². The van der Waals surface area contributed by atoms with Crippen LogP contribution in [0.15, 0.2) is 17.1 Å². The number of nitrogens with zero attached hydrogens (tertiary/aromatic N) is 2. The second-order valence-electron chi connectivity index (χ2n) is 5.44. The van der Waals surface area contributed by atoms with E-state index in [1.807, 2.05) is 30.1 Å². The molecule has 0 unspecified atom stereocenters.